The molecule has 2 aromatic rings. The van der Waals surface area contributed by atoms with E-state index >= 15 is 0 Å². The average molecular weight is 311 g/mol. The van der Waals surface area contributed by atoms with Gasteiger partial charge in [-0.15, -0.1) is 0 Å². The molecule has 0 bridgehead atoms. The van der Waals surface area contributed by atoms with Crippen LogP contribution in [-0.4, -0.2) is 15.8 Å². The second-order valence-corrected chi connectivity index (χ2v) is 6.11. The maximum atomic E-state index is 13.3. The summed E-state index contributed by atoms with van der Waals surface area (Å²) in [6, 6.07) is 3.97. The molecular formula is C15H19F2N3S. The molecule has 114 valence electrons. The lowest BCUT2D eigenvalue weighted by atomic mass is 10.1. The van der Waals surface area contributed by atoms with Gasteiger partial charge < -0.3 is 5.73 Å². The molecule has 6 heteroatoms. The highest BCUT2D eigenvalue weighted by Crippen LogP contribution is 2.33. The summed E-state index contributed by atoms with van der Waals surface area (Å²) in [6.07, 6.45) is 1.60. The van der Waals surface area contributed by atoms with Crippen molar-refractivity contribution in [3.63, 3.8) is 0 Å². The van der Waals surface area contributed by atoms with Crippen molar-refractivity contribution in [1.29, 1.82) is 0 Å². The van der Waals surface area contributed by atoms with Gasteiger partial charge in [-0.3, -0.25) is 4.68 Å². The zero-order valence-corrected chi connectivity index (χ0v) is 13.2. The fourth-order valence-corrected chi connectivity index (χ4v) is 3.15. The zero-order valence-electron chi connectivity index (χ0n) is 12.4. The van der Waals surface area contributed by atoms with Crippen molar-refractivity contribution >= 4 is 11.8 Å². The number of benzene rings is 1. The van der Waals surface area contributed by atoms with Gasteiger partial charge in [0.15, 0.2) is 11.6 Å². The first-order chi connectivity index (χ1) is 9.92. The number of hydrogen-bond donors (Lipinski definition) is 1. The van der Waals surface area contributed by atoms with Crippen molar-refractivity contribution in [3.05, 3.63) is 41.1 Å². The molecule has 1 aromatic heterocycles. The van der Waals surface area contributed by atoms with Crippen molar-refractivity contribution in [2.45, 2.75) is 42.7 Å². The Kier molecular flexibility index (Phi) is 5.00. The number of aromatic nitrogens is 2. The molecule has 1 heterocycles. The van der Waals surface area contributed by atoms with E-state index in [4.69, 9.17) is 5.73 Å². The van der Waals surface area contributed by atoms with E-state index in [2.05, 4.69) is 5.10 Å². The predicted octanol–water partition coefficient (Wildman–Crippen LogP) is 3.44. The number of nitrogens with two attached hydrogens (primary N) is 1. The van der Waals surface area contributed by atoms with E-state index in [9.17, 15) is 8.78 Å². The molecule has 2 N–H and O–H groups in total. The fraction of sp³-hybridized carbons (Fsp3) is 0.400. The van der Waals surface area contributed by atoms with Gasteiger partial charge in [0, 0.05) is 23.5 Å². The SMILES string of the molecule is CCC(N)Cc1c(C)nn(C)c1Sc1ccc(F)c(F)c1. The molecule has 0 aliphatic carbocycles. The van der Waals surface area contributed by atoms with E-state index in [0.29, 0.717) is 4.90 Å². The van der Waals surface area contributed by atoms with Crippen LogP contribution in [0.5, 0.6) is 0 Å². The molecule has 1 aromatic carbocycles. The van der Waals surface area contributed by atoms with Gasteiger partial charge in [0.2, 0.25) is 0 Å². The summed E-state index contributed by atoms with van der Waals surface area (Å²) in [6.45, 7) is 3.98. The quantitative estimate of drug-likeness (QED) is 0.920. The number of hydrogen-bond acceptors (Lipinski definition) is 3. The second kappa shape index (κ2) is 6.58. The first-order valence-electron chi connectivity index (χ1n) is 6.83. The maximum Gasteiger partial charge on any atom is 0.159 e. The van der Waals surface area contributed by atoms with Crippen molar-refractivity contribution in [1.82, 2.24) is 9.78 Å². The third-order valence-electron chi connectivity index (χ3n) is 3.39. The lowest BCUT2D eigenvalue weighted by Gasteiger charge is -2.11. The first-order valence-corrected chi connectivity index (χ1v) is 7.65. The van der Waals surface area contributed by atoms with Gasteiger partial charge in [0.1, 0.15) is 5.03 Å². The molecule has 1 atom stereocenters. The normalized spacial score (nSPS) is 12.7. The number of nitrogens with zero attached hydrogens (tertiary/aromatic N) is 2. The molecule has 0 saturated carbocycles. The number of halogens is 2. The average Bonchev–Trinajstić information content (AvgIpc) is 2.69. The Bertz CT molecular complexity index is 640. The van der Waals surface area contributed by atoms with Crippen molar-refractivity contribution in [2.24, 2.45) is 12.8 Å². The maximum absolute atomic E-state index is 13.3. The highest BCUT2D eigenvalue weighted by atomic mass is 32.2. The highest BCUT2D eigenvalue weighted by Gasteiger charge is 2.17. The molecule has 1 unspecified atom stereocenters. The van der Waals surface area contributed by atoms with Crippen LogP contribution in [0.1, 0.15) is 24.6 Å². The Morgan fingerprint density at radius 3 is 2.67 bits per heavy atom. The number of aryl methyl sites for hydroxylation is 2. The summed E-state index contributed by atoms with van der Waals surface area (Å²) in [4.78, 5) is 0.642. The summed E-state index contributed by atoms with van der Waals surface area (Å²) in [5.41, 5.74) is 8.03. The molecular weight excluding hydrogens is 292 g/mol. The Balaban J connectivity index is 2.32. The monoisotopic (exact) mass is 311 g/mol. The third kappa shape index (κ3) is 3.63. The van der Waals surface area contributed by atoms with Gasteiger partial charge in [0.25, 0.3) is 0 Å². The van der Waals surface area contributed by atoms with Crippen LogP contribution in [0.3, 0.4) is 0 Å². The molecule has 0 aliphatic rings. The van der Waals surface area contributed by atoms with Gasteiger partial charge in [0.05, 0.1) is 5.69 Å². The minimum absolute atomic E-state index is 0.0669. The third-order valence-corrected chi connectivity index (χ3v) is 4.58. The van der Waals surface area contributed by atoms with Crippen LogP contribution in [-0.2, 0) is 13.5 Å². The Labute approximate surface area is 127 Å². The van der Waals surface area contributed by atoms with Crippen LogP contribution in [0.2, 0.25) is 0 Å². The summed E-state index contributed by atoms with van der Waals surface area (Å²) in [5.74, 6) is -1.68. The molecule has 21 heavy (non-hydrogen) atoms. The van der Waals surface area contributed by atoms with E-state index in [-0.39, 0.29) is 6.04 Å². The zero-order chi connectivity index (χ0) is 15.6. The predicted molar refractivity (Wildman–Crippen MR) is 80.4 cm³/mol. The van der Waals surface area contributed by atoms with E-state index in [0.717, 1.165) is 35.2 Å². The summed E-state index contributed by atoms with van der Waals surface area (Å²) in [7, 11) is 1.84. The van der Waals surface area contributed by atoms with Crippen LogP contribution in [0.25, 0.3) is 0 Å². The van der Waals surface area contributed by atoms with Crippen LogP contribution in [0, 0.1) is 18.6 Å². The molecule has 0 fully saturated rings. The Hall–Kier alpha value is -1.40. The van der Waals surface area contributed by atoms with E-state index in [1.165, 1.54) is 17.8 Å². The summed E-state index contributed by atoms with van der Waals surface area (Å²) < 4.78 is 28.1. The molecule has 2 rings (SSSR count). The van der Waals surface area contributed by atoms with Gasteiger partial charge in [-0.2, -0.15) is 5.10 Å². The molecule has 3 nitrogen and oxygen atoms in total. The van der Waals surface area contributed by atoms with Gasteiger partial charge in [-0.25, -0.2) is 8.78 Å². The molecule has 0 spiro atoms. The first kappa shape index (κ1) is 16.0. The Morgan fingerprint density at radius 2 is 2.05 bits per heavy atom. The lowest BCUT2D eigenvalue weighted by molar-refractivity contribution is 0.506. The van der Waals surface area contributed by atoms with Gasteiger partial charge in [-0.05, 0) is 38.0 Å². The van der Waals surface area contributed by atoms with Crippen molar-refractivity contribution < 1.29 is 8.78 Å². The molecule has 0 radical (unpaired) electrons. The molecule has 0 saturated heterocycles. The van der Waals surface area contributed by atoms with Crippen LogP contribution in [0.4, 0.5) is 8.78 Å². The van der Waals surface area contributed by atoms with Crippen molar-refractivity contribution in [3.8, 4) is 0 Å². The highest BCUT2D eigenvalue weighted by molar-refractivity contribution is 7.99. The topological polar surface area (TPSA) is 43.8 Å². The smallest absolute Gasteiger partial charge is 0.159 e. The van der Waals surface area contributed by atoms with Gasteiger partial charge in [-0.1, -0.05) is 18.7 Å². The van der Waals surface area contributed by atoms with Gasteiger partial charge >= 0.3 is 0 Å². The molecule has 0 aliphatic heterocycles. The lowest BCUT2D eigenvalue weighted by Crippen LogP contribution is -2.21. The van der Waals surface area contributed by atoms with Crippen LogP contribution < -0.4 is 5.73 Å². The molecule has 0 amide bonds. The largest absolute Gasteiger partial charge is 0.327 e. The van der Waals surface area contributed by atoms with E-state index in [1.807, 2.05) is 20.9 Å². The Morgan fingerprint density at radius 1 is 1.33 bits per heavy atom. The van der Waals surface area contributed by atoms with E-state index in [1.54, 1.807) is 10.7 Å². The number of rotatable bonds is 5. The van der Waals surface area contributed by atoms with Crippen LogP contribution >= 0.6 is 11.8 Å². The van der Waals surface area contributed by atoms with E-state index < -0.39 is 11.6 Å². The fourth-order valence-electron chi connectivity index (χ4n) is 2.10. The summed E-state index contributed by atoms with van der Waals surface area (Å²) >= 11 is 1.38. The standard InChI is InChI=1S/C15H19F2N3S/c1-4-10(18)7-12-9(2)19-20(3)15(12)21-11-5-6-13(16)14(17)8-11/h5-6,8,10H,4,7,18H2,1-3H3. The second-order valence-electron chi connectivity index (χ2n) is 5.04. The minimum atomic E-state index is -0.842. The minimum Gasteiger partial charge on any atom is -0.327 e. The van der Waals surface area contributed by atoms with Crippen molar-refractivity contribution in [2.75, 3.05) is 0 Å². The summed E-state index contributed by atoms with van der Waals surface area (Å²) in [5, 5.41) is 5.33. The van der Waals surface area contributed by atoms with Crippen LogP contribution in [0.15, 0.2) is 28.1 Å².